The molecule has 50 valence electrons. The highest BCUT2D eigenvalue weighted by Gasteiger charge is 1.97. The Balaban J connectivity index is 2.86. The molecule has 0 saturated carbocycles. The number of hydrogen-bond acceptors (Lipinski definition) is 2. The van der Waals surface area contributed by atoms with Crippen LogP contribution >= 0.6 is 31.9 Å². The Morgan fingerprint density at radius 3 is 2.50 bits per heavy atom. The van der Waals surface area contributed by atoms with Crippen molar-refractivity contribution in [1.29, 1.82) is 0 Å². The maximum atomic E-state index is 8.70. The summed E-state index contributed by atoms with van der Waals surface area (Å²) < 4.78 is 4.80. The monoisotopic (exact) mass is 246 g/mol. The van der Waals surface area contributed by atoms with Crippen LogP contribution in [-0.2, 0) is 4.74 Å². The minimum Gasteiger partial charge on any atom is -0.367 e. The van der Waals surface area contributed by atoms with Crippen molar-refractivity contribution in [3.05, 3.63) is 0 Å². The van der Waals surface area contributed by atoms with Gasteiger partial charge in [-0.15, -0.1) is 0 Å². The lowest BCUT2D eigenvalue weighted by Crippen LogP contribution is -2.14. The summed E-state index contributed by atoms with van der Waals surface area (Å²) in [5.74, 6) is 0. The first-order valence-corrected chi connectivity index (χ1v) is 4.47. The zero-order chi connectivity index (χ0) is 6.41. The number of aliphatic hydroxyl groups excluding tert-OH is 1. The van der Waals surface area contributed by atoms with Gasteiger partial charge in [-0.3, -0.25) is 0 Å². The van der Waals surface area contributed by atoms with E-state index in [0.717, 1.165) is 5.33 Å². The van der Waals surface area contributed by atoms with Crippen molar-refractivity contribution < 1.29 is 9.84 Å². The molecule has 0 fully saturated rings. The Labute approximate surface area is 65.5 Å². The van der Waals surface area contributed by atoms with Gasteiger partial charge in [-0.25, -0.2) is 0 Å². The second-order valence-electron chi connectivity index (χ2n) is 1.17. The molecule has 1 unspecified atom stereocenters. The first-order valence-electron chi connectivity index (χ1n) is 2.23. The smallest absolute Gasteiger partial charge is 0.164 e. The molecule has 0 amide bonds. The van der Waals surface area contributed by atoms with Gasteiger partial charge >= 0.3 is 0 Å². The molecule has 1 atom stereocenters. The first kappa shape index (κ1) is 8.88. The fourth-order valence-corrected chi connectivity index (χ4v) is 0.599. The van der Waals surface area contributed by atoms with E-state index in [-0.39, 0.29) is 0 Å². The van der Waals surface area contributed by atoms with Gasteiger partial charge < -0.3 is 9.84 Å². The molecule has 0 aromatic carbocycles. The van der Waals surface area contributed by atoms with Crippen molar-refractivity contribution in [3.8, 4) is 0 Å². The van der Waals surface area contributed by atoms with Crippen LogP contribution in [0.4, 0.5) is 0 Å². The molecule has 0 aliphatic heterocycles. The van der Waals surface area contributed by atoms with Crippen LogP contribution in [0.2, 0.25) is 0 Å². The van der Waals surface area contributed by atoms with Gasteiger partial charge in [0, 0.05) is 5.33 Å². The third-order valence-corrected chi connectivity index (χ3v) is 1.40. The molecule has 0 rings (SSSR count). The molecule has 0 aliphatic carbocycles. The summed E-state index contributed by atoms with van der Waals surface area (Å²) in [4.78, 5) is 0. The van der Waals surface area contributed by atoms with E-state index in [1.165, 1.54) is 0 Å². The molecule has 4 heteroatoms. The lowest BCUT2D eigenvalue weighted by atomic mass is 10.7. The minimum absolute atomic E-state index is 0.472. The third kappa shape index (κ3) is 5.03. The van der Waals surface area contributed by atoms with Crippen molar-refractivity contribution in [2.75, 3.05) is 17.3 Å². The minimum atomic E-state index is -0.660. The highest BCUT2D eigenvalue weighted by Crippen LogP contribution is 1.92. The second kappa shape index (κ2) is 6.01. The number of aliphatic hydroxyl groups is 1. The molecule has 0 spiro atoms. The lowest BCUT2D eigenvalue weighted by Gasteiger charge is -2.05. The standard InChI is InChI=1S/C4H8Br2O2/c5-1-2-8-4(7)3-6/h4,7H,1-3H2. The SMILES string of the molecule is OC(CBr)OCCBr. The Bertz CT molecular complexity index is 51.3. The Morgan fingerprint density at radius 2 is 2.12 bits per heavy atom. The summed E-state index contributed by atoms with van der Waals surface area (Å²) in [6.07, 6.45) is -0.660. The van der Waals surface area contributed by atoms with Crippen molar-refractivity contribution in [3.63, 3.8) is 0 Å². The van der Waals surface area contributed by atoms with Crippen molar-refractivity contribution in [1.82, 2.24) is 0 Å². The van der Waals surface area contributed by atoms with Crippen LogP contribution in [0.1, 0.15) is 0 Å². The summed E-state index contributed by atoms with van der Waals surface area (Å²) in [7, 11) is 0. The van der Waals surface area contributed by atoms with Gasteiger partial charge in [0.05, 0.1) is 11.9 Å². The highest BCUT2D eigenvalue weighted by atomic mass is 79.9. The molecule has 0 aromatic heterocycles. The molecule has 0 bridgehead atoms. The number of hydrogen-bond donors (Lipinski definition) is 1. The molecule has 8 heavy (non-hydrogen) atoms. The Hall–Kier alpha value is 0.880. The van der Waals surface area contributed by atoms with Gasteiger partial charge in [0.2, 0.25) is 0 Å². The molecular formula is C4H8Br2O2. The molecule has 1 N–H and O–H groups in total. The number of alkyl halides is 2. The summed E-state index contributed by atoms with van der Waals surface area (Å²) in [6.45, 7) is 0.548. The predicted octanol–water partition coefficient (Wildman–Crippen LogP) is 1.11. The topological polar surface area (TPSA) is 29.5 Å². The summed E-state index contributed by atoms with van der Waals surface area (Å²) >= 11 is 6.21. The van der Waals surface area contributed by atoms with E-state index in [1.807, 2.05) is 0 Å². The van der Waals surface area contributed by atoms with E-state index in [2.05, 4.69) is 31.9 Å². The zero-order valence-corrected chi connectivity index (χ0v) is 7.48. The van der Waals surface area contributed by atoms with E-state index in [1.54, 1.807) is 0 Å². The molecule has 2 nitrogen and oxygen atoms in total. The summed E-state index contributed by atoms with van der Waals surface area (Å²) in [6, 6.07) is 0. The van der Waals surface area contributed by atoms with E-state index in [4.69, 9.17) is 9.84 Å². The average Bonchev–Trinajstić information content (AvgIpc) is 1.83. The largest absolute Gasteiger partial charge is 0.367 e. The van der Waals surface area contributed by atoms with Crippen LogP contribution in [0.3, 0.4) is 0 Å². The number of rotatable bonds is 4. The van der Waals surface area contributed by atoms with Crippen molar-refractivity contribution in [2.24, 2.45) is 0 Å². The lowest BCUT2D eigenvalue weighted by molar-refractivity contribution is -0.0743. The molecule has 0 aromatic rings. The maximum Gasteiger partial charge on any atom is 0.164 e. The predicted molar refractivity (Wildman–Crippen MR) is 39.5 cm³/mol. The van der Waals surface area contributed by atoms with E-state index >= 15 is 0 Å². The maximum absolute atomic E-state index is 8.70. The molecule has 0 radical (unpaired) electrons. The number of halogens is 2. The van der Waals surface area contributed by atoms with Gasteiger partial charge in [0.1, 0.15) is 0 Å². The van der Waals surface area contributed by atoms with Crippen LogP contribution in [0, 0.1) is 0 Å². The van der Waals surface area contributed by atoms with Gasteiger partial charge in [-0.05, 0) is 0 Å². The van der Waals surface area contributed by atoms with E-state index < -0.39 is 6.29 Å². The third-order valence-electron chi connectivity index (χ3n) is 0.519. The quantitative estimate of drug-likeness (QED) is 0.596. The van der Waals surface area contributed by atoms with Gasteiger partial charge in [0.25, 0.3) is 0 Å². The van der Waals surface area contributed by atoms with Crippen molar-refractivity contribution >= 4 is 31.9 Å². The normalized spacial score (nSPS) is 13.9. The van der Waals surface area contributed by atoms with Crippen LogP contribution in [0.15, 0.2) is 0 Å². The van der Waals surface area contributed by atoms with Gasteiger partial charge in [-0.2, -0.15) is 0 Å². The van der Waals surface area contributed by atoms with Crippen LogP contribution in [0.25, 0.3) is 0 Å². The highest BCUT2D eigenvalue weighted by molar-refractivity contribution is 9.09. The molecule has 0 aliphatic rings. The van der Waals surface area contributed by atoms with Crippen LogP contribution in [-0.4, -0.2) is 28.7 Å². The first-order chi connectivity index (χ1) is 3.81. The molecule has 0 saturated heterocycles. The van der Waals surface area contributed by atoms with E-state index in [9.17, 15) is 0 Å². The number of ether oxygens (including phenoxy) is 1. The van der Waals surface area contributed by atoms with Crippen LogP contribution < -0.4 is 0 Å². The zero-order valence-electron chi connectivity index (χ0n) is 4.31. The summed E-state index contributed by atoms with van der Waals surface area (Å²) in [5, 5.41) is 9.93. The van der Waals surface area contributed by atoms with Crippen molar-refractivity contribution in [2.45, 2.75) is 6.29 Å². The Kier molecular flexibility index (Phi) is 6.67. The summed E-state index contributed by atoms with van der Waals surface area (Å²) in [5.41, 5.74) is 0. The fourth-order valence-electron chi connectivity index (χ4n) is 0.225. The molecular weight excluding hydrogens is 240 g/mol. The molecule has 0 heterocycles. The van der Waals surface area contributed by atoms with Gasteiger partial charge in [-0.1, -0.05) is 31.9 Å². The van der Waals surface area contributed by atoms with Crippen LogP contribution in [0.5, 0.6) is 0 Å². The average molecular weight is 248 g/mol. The Morgan fingerprint density at radius 1 is 1.50 bits per heavy atom. The van der Waals surface area contributed by atoms with E-state index in [0.29, 0.717) is 11.9 Å². The van der Waals surface area contributed by atoms with Gasteiger partial charge in [0.15, 0.2) is 6.29 Å². The fraction of sp³-hybridized carbons (Fsp3) is 1.00. The second-order valence-corrected chi connectivity index (χ2v) is 2.61.